The van der Waals surface area contributed by atoms with Crippen molar-refractivity contribution in [2.75, 3.05) is 48.8 Å². The summed E-state index contributed by atoms with van der Waals surface area (Å²) in [7, 11) is 2.12. The molecule has 3 heterocycles. The van der Waals surface area contributed by atoms with Gasteiger partial charge in [0.25, 0.3) is 0 Å². The molecule has 1 saturated heterocycles. The number of amides is 2. The smallest absolute Gasteiger partial charge is 0.324 e. The average Bonchev–Trinajstić information content (AvgIpc) is 3.22. The van der Waals surface area contributed by atoms with Crippen LogP contribution in [-0.4, -0.2) is 58.9 Å². The maximum absolute atomic E-state index is 13.7. The minimum atomic E-state index is -0.650. The molecule has 0 saturated carbocycles. The molecule has 2 aromatic carbocycles. The van der Waals surface area contributed by atoms with E-state index in [1.165, 1.54) is 23.9 Å². The highest BCUT2D eigenvalue weighted by Gasteiger charge is 2.23. The van der Waals surface area contributed by atoms with Crippen molar-refractivity contribution in [1.82, 2.24) is 19.7 Å². The molecule has 2 aromatic heterocycles. The third kappa shape index (κ3) is 6.31. The molecule has 4 aromatic rings. The largest absolute Gasteiger partial charge is 0.369 e. The summed E-state index contributed by atoms with van der Waals surface area (Å²) >= 11 is 1.18. The van der Waals surface area contributed by atoms with Crippen LogP contribution in [0.5, 0.6) is 0 Å². The van der Waals surface area contributed by atoms with Gasteiger partial charge in [0.05, 0.1) is 10.9 Å². The zero-order valence-electron chi connectivity index (χ0n) is 22.3. The van der Waals surface area contributed by atoms with E-state index in [0.29, 0.717) is 32.3 Å². The van der Waals surface area contributed by atoms with Crippen LogP contribution in [0.1, 0.15) is 20.8 Å². The summed E-state index contributed by atoms with van der Waals surface area (Å²) in [4.78, 5) is 23.2. The van der Waals surface area contributed by atoms with Gasteiger partial charge in [0.15, 0.2) is 11.5 Å². The topological polar surface area (TPSA) is 78.3 Å². The van der Waals surface area contributed by atoms with Gasteiger partial charge >= 0.3 is 6.03 Å². The number of hydrogen-bond acceptors (Lipinski definition) is 6. The lowest BCUT2D eigenvalue weighted by atomic mass is 10.1. The molecule has 2 N–H and O–H groups in total. The van der Waals surface area contributed by atoms with E-state index in [9.17, 15) is 13.6 Å². The molecule has 8 nitrogen and oxygen atoms in total. The Balaban J connectivity index is 1.35. The van der Waals surface area contributed by atoms with Gasteiger partial charge in [-0.1, -0.05) is 11.8 Å². The molecule has 204 valence electrons. The minimum absolute atomic E-state index is 0.340. The first-order chi connectivity index (χ1) is 18.5. The Morgan fingerprint density at radius 2 is 1.59 bits per heavy atom. The number of aromatic nitrogens is 3. The summed E-state index contributed by atoms with van der Waals surface area (Å²) in [6.45, 7) is 9.95. The van der Waals surface area contributed by atoms with Crippen molar-refractivity contribution >= 4 is 46.0 Å². The first kappa shape index (κ1) is 26.9. The maximum atomic E-state index is 13.7. The van der Waals surface area contributed by atoms with E-state index in [-0.39, 0.29) is 0 Å². The fourth-order valence-electron chi connectivity index (χ4n) is 4.41. The Hall–Kier alpha value is -3.70. The van der Waals surface area contributed by atoms with Gasteiger partial charge in [0.2, 0.25) is 0 Å². The summed E-state index contributed by atoms with van der Waals surface area (Å²) in [5.41, 5.74) is 1.97. The van der Waals surface area contributed by atoms with Crippen molar-refractivity contribution in [3.63, 3.8) is 0 Å². The van der Waals surface area contributed by atoms with Gasteiger partial charge in [-0.2, -0.15) is 5.10 Å². The Morgan fingerprint density at radius 3 is 2.23 bits per heavy atom. The van der Waals surface area contributed by atoms with E-state index in [1.807, 2.05) is 51.1 Å². The van der Waals surface area contributed by atoms with Crippen LogP contribution in [0, 0.1) is 11.6 Å². The number of carbonyl (C=O) groups is 1. The molecule has 1 aliphatic heterocycles. The molecule has 11 heteroatoms. The third-order valence-corrected chi connectivity index (χ3v) is 7.36. The van der Waals surface area contributed by atoms with Crippen LogP contribution in [0.4, 0.5) is 30.8 Å². The Kier molecular flexibility index (Phi) is 7.46. The van der Waals surface area contributed by atoms with Gasteiger partial charge in [-0.3, -0.25) is 5.32 Å². The highest BCUT2D eigenvalue weighted by atomic mass is 32.2. The molecule has 2 amide bonds. The number of hydrogen-bond donors (Lipinski definition) is 2. The average molecular weight is 552 g/mol. The molecule has 5 rings (SSSR count). The van der Waals surface area contributed by atoms with Crippen LogP contribution in [0.15, 0.2) is 64.5 Å². The Labute approximate surface area is 230 Å². The van der Waals surface area contributed by atoms with Crippen LogP contribution >= 0.6 is 11.8 Å². The molecule has 39 heavy (non-hydrogen) atoms. The van der Waals surface area contributed by atoms with Gasteiger partial charge in [0, 0.05) is 59.6 Å². The predicted octanol–water partition coefficient (Wildman–Crippen LogP) is 6.01. The Morgan fingerprint density at radius 1 is 0.923 bits per heavy atom. The van der Waals surface area contributed by atoms with E-state index >= 15 is 0 Å². The van der Waals surface area contributed by atoms with Crippen molar-refractivity contribution < 1.29 is 13.6 Å². The number of nitrogens with one attached hydrogen (secondary N) is 2. The lowest BCUT2D eigenvalue weighted by molar-refractivity contribution is 0.262. The van der Waals surface area contributed by atoms with E-state index in [4.69, 9.17) is 0 Å². The fourth-order valence-corrected chi connectivity index (χ4v) is 5.31. The van der Waals surface area contributed by atoms with Gasteiger partial charge in [-0.15, -0.1) is 0 Å². The van der Waals surface area contributed by atoms with Crippen molar-refractivity contribution in [3.8, 4) is 0 Å². The van der Waals surface area contributed by atoms with Crippen LogP contribution in [0.3, 0.4) is 0 Å². The van der Waals surface area contributed by atoms with Crippen molar-refractivity contribution in [2.24, 2.45) is 0 Å². The van der Waals surface area contributed by atoms with E-state index in [0.717, 1.165) is 37.9 Å². The van der Waals surface area contributed by atoms with Crippen molar-refractivity contribution in [3.05, 3.63) is 66.4 Å². The molecular formula is C28H31F2N7OS. The number of nitrogens with zero attached hydrogens (tertiary/aromatic N) is 5. The zero-order valence-corrected chi connectivity index (χ0v) is 23.1. The molecule has 0 atom stereocenters. The standard InChI is InChI=1S/C28H31F2N7OS/c1-28(2,3)37-26-24(16-23(17-31-26)39-22-14-18(29)13-19(30)15-22)25(34-37)33-27(38)32-20-5-7-21(8-6-20)36-11-9-35(4)10-12-36/h5-8,13-17H,9-12H2,1-4H3,(H2,32,33,34,38). The third-order valence-electron chi connectivity index (χ3n) is 6.43. The number of likely N-dealkylation sites (N-methyl/N-ethyl adjacent to an activating group) is 1. The second kappa shape index (κ2) is 10.8. The molecule has 1 fully saturated rings. The summed E-state index contributed by atoms with van der Waals surface area (Å²) in [6, 6.07) is 12.5. The number of urea groups is 1. The van der Waals surface area contributed by atoms with Crippen LogP contribution in [0.25, 0.3) is 11.0 Å². The second-order valence-corrected chi connectivity index (χ2v) is 11.7. The second-order valence-electron chi connectivity index (χ2n) is 10.6. The SMILES string of the molecule is CN1CCN(c2ccc(NC(=O)Nc3nn(C(C)(C)C)c4ncc(Sc5cc(F)cc(F)c5)cc34)cc2)CC1. The number of anilines is 3. The molecule has 0 unspecified atom stereocenters. The van der Waals surface area contributed by atoms with Gasteiger partial charge in [-0.05, 0) is 70.3 Å². The molecule has 0 radical (unpaired) electrons. The number of pyridine rings is 1. The summed E-state index contributed by atoms with van der Waals surface area (Å²) in [5.74, 6) is -0.961. The maximum Gasteiger partial charge on any atom is 0.324 e. The Bertz CT molecular complexity index is 1470. The van der Waals surface area contributed by atoms with Crippen LogP contribution in [-0.2, 0) is 5.54 Å². The summed E-state index contributed by atoms with van der Waals surface area (Å²) in [6.07, 6.45) is 1.63. The molecule has 0 aliphatic carbocycles. The van der Waals surface area contributed by atoms with Crippen LogP contribution in [0.2, 0.25) is 0 Å². The van der Waals surface area contributed by atoms with Crippen LogP contribution < -0.4 is 15.5 Å². The monoisotopic (exact) mass is 551 g/mol. The van der Waals surface area contributed by atoms with Gasteiger partial charge in [0.1, 0.15) is 11.6 Å². The predicted molar refractivity (Wildman–Crippen MR) is 152 cm³/mol. The lowest BCUT2D eigenvalue weighted by Gasteiger charge is -2.34. The van der Waals surface area contributed by atoms with Crippen molar-refractivity contribution in [2.45, 2.75) is 36.1 Å². The van der Waals surface area contributed by atoms with Gasteiger partial charge in [-0.25, -0.2) is 23.2 Å². The first-order valence-electron chi connectivity index (χ1n) is 12.7. The number of benzene rings is 2. The number of carbonyl (C=O) groups excluding carboxylic acids is 1. The fraction of sp³-hybridized carbons (Fsp3) is 0.321. The summed E-state index contributed by atoms with van der Waals surface area (Å²) < 4.78 is 29.1. The van der Waals surface area contributed by atoms with Crippen molar-refractivity contribution in [1.29, 1.82) is 0 Å². The molecular weight excluding hydrogens is 520 g/mol. The van der Waals surface area contributed by atoms with Gasteiger partial charge < -0.3 is 15.1 Å². The summed E-state index contributed by atoms with van der Waals surface area (Å²) in [5, 5.41) is 11.0. The first-order valence-corrected chi connectivity index (χ1v) is 13.5. The zero-order chi connectivity index (χ0) is 27.7. The normalized spacial score (nSPS) is 14.6. The highest BCUT2D eigenvalue weighted by Crippen LogP contribution is 2.34. The highest BCUT2D eigenvalue weighted by molar-refractivity contribution is 7.99. The number of fused-ring (bicyclic) bond motifs is 1. The molecule has 0 spiro atoms. The molecule has 0 bridgehead atoms. The number of piperazine rings is 1. The lowest BCUT2D eigenvalue weighted by Crippen LogP contribution is -2.44. The minimum Gasteiger partial charge on any atom is -0.369 e. The van der Waals surface area contributed by atoms with E-state index in [2.05, 4.69) is 37.6 Å². The quantitative estimate of drug-likeness (QED) is 0.316. The molecule has 1 aliphatic rings. The number of halogens is 2. The van der Waals surface area contributed by atoms with E-state index < -0.39 is 23.2 Å². The number of rotatable bonds is 5. The van der Waals surface area contributed by atoms with E-state index in [1.54, 1.807) is 10.9 Å².